The van der Waals surface area contributed by atoms with E-state index in [1.807, 2.05) is 24.3 Å². The number of anilines is 2. The molecule has 1 fully saturated rings. The summed E-state index contributed by atoms with van der Waals surface area (Å²) in [5.74, 6) is 0. The SMILES string of the molecule is CNC(=O)Nc1ccc(NC2CC(C)OC(C)C2)cc1. The van der Waals surface area contributed by atoms with Crippen LogP contribution < -0.4 is 16.0 Å². The molecule has 0 saturated carbocycles. The minimum Gasteiger partial charge on any atom is -0.382 e. The summed E-state index contributed by atoms with van der Waals surface area (Å²) in [6.45, 7) is 4.22. The predicted octanol–water partition coefficient (Wildman–Crippen LogP) is 2.81. The van der Waals surface area contributed by atoms with Crippen LogP contribution in [0.1, 0.15) is 26.7 Å². The molecule has 1 aliphatic heterocycles. The zero-order valence-electron chi connectivity index (χ0n) is 12.3. The average molecular weight is 277 g/mol. The van der Waals surface area contributed by atoms with Crippen molar-refractivity contribution in [2.24, 2.45) is 0 Å². The molecule has 3 N–H and O–H groups in total. The highest BCUT2D eigenvalue weighted by Gasteiger charge is 2.24. The largest absolute Gasteiger partial charge is 0.382 e. The number of nitrogens with one attached hydrogen (secondary N) is 3. The Hall–Kier alpha value is -1.75. The van der Waals surface area contributed by atoms with Crippen LogP contribution in [-0.2, 0) is 4.74 Å². The third kappa shape index (κ3) is 4.13. The molecule has 0 spiro atoms. The highest BCUT2D eigenvalue weighted by atomic mass is 16.5. The lowest BCUT2D eigenvalue weighted by molar-refractivity contribution is -0.0337. The third-order valence-electron chi connectivity index (χ3n) is 3.44. The number of benzene rings is 1. The smallest absolute Gasteiger partial charge is 0.318 e. The summed E-state index contributed by atoms with van der Waals surface area (Å²) in [5.41, 5.74) is 1.85. The number of carbonyl (C=O) groups is 1. The second kappa shape index (κ2) is 6.61. The molecule has 2 rings (SSSR count). The molecule has 0 bridgehead atoms. The van der Waals surface area contributed by atoms with Gasteiger partial charge in [-0.2, -0.15) is 0 Å². The van der Waals surface area contributed by atoms with Gasteiger partial charge in [0.25, 0.3) is 0 Å². The maximum atomic E-state index is 11.2. The van der Waals surface area contributed by atoms with E-state index in [2.05, 4.69) is 29.8 Å². The minimum atomic E-state index is -0.210. The van der Waals surface area contributed by atoms with Crippen molar-refractivity contribution in [2.45, 2.75) is 44.9 Å². The van der Waals surface area contributed by atoms with E-state index < -0.39 is 0 Å². The van der Waals surface area contributed by atoms with Gasteiger partial charge < -0.3 is 20.7 Å². The van der Waals surface area contributed by atoms with Gasteiger partial charge in [-0.1, -0.05) is 0 Å². The minimum absolute atomic E-state index is 0.210. The molecule has 1 aliphatic rings. The van der Waals surface area contributed by atoms with Gasteiger partial charge in [0, 0.05) is 24.5 Å². The lowest BCUT2D eigenvalue weighted by Gasteiger charge is -2.33. The maximum Gasteiger partial charge on any atom is 0.318 e. The average Bonchev–Trinajstić information content (AvgIpc) is 2.39. The first-order chi connectivity index (χ1) is 9.56. The maximum absolute atomic E-state index is 11.2. The Balaban J connectivity index is 1.91. The summed E-state index contributed by atoms with van der Waals surface area (Å²) < 4.78 is 5.73. The normalized spacial score (nSPS) is 25.9. The Morgan fingerprint density at radius 2 is 1.65 bits per heavy atom. The molecule has 1 aromatic carbocycles. The van der Waals surface area contributed by atoms with Crippen molar-refractivity contribution < 1.29 is 9.53 Å². The first-order valence-electron chi connectivity index (χ1n) is 7.07. The van der Waals surface area contributed by atoms with Gasteiger partial charge in [-0.05, 0) is 51.0 Å². The highest BCUT2D eigenvalue weighted by molar-refractivity contribution is 5.89. The van der Waals surface area contributed by atoms with Crippen molar-refractivity contribution in [3.05, 3.63) is 24.3 Å². The van der Waals surface area contributed by atoms with Gasteiger partial charge in [-0.3, -0.25) is 0 Å². The summed E-state index contributed by atoms with van der Waals surface area (Å²) in [4.78, 5) is 11.2. The van der Waals surface area contributed by atoms with E-state index in [1.165, 1.54) is 0 Å². The van der Waals surface area contributed by atoms with Gasteiger partial charge in [0.05, 0.1) is 12.2 Å². The van der Waals surface area contributed by atoms with E-state index >= 15 is 0 Å². The number of hydrogen-bond donors (Lipinski definition) is 3. The predicted molar refractivity (Wildman–Crippen MR) is 81.2 cm³/mol. The van der Waals surface area contributed by atoms with Gasteiger partial charge in [-0.15, -0.1) is 0 Å². The van der Waals surface area contributed by atoms with Crippen LogP contribution in [0.5, 0.6) is 0 Å². The van der Waals surface area contributed by atoms with Gasteiger partial charge in [0.15, 0.2) is 0 Å². The molecular formula is C15H23N3O2. The summed E-state index contributed by atoms with van der Waals surface area (Å²) in [6, 6.07) is 7.98. The molecule has 0 radical (unpaired) electrons. The standard InChI is InChI=1S/C15H23N3O2/c1-10-8-14(9-11(2)20-10)17-12-4-6-13(7-5-12)18-15(19)16-3/h4-7,10-11,14,17H,8-9H2,1-3H3,(H2,16,18,19). The van der Waals surface area contributed by atoms with Gasteiger partial charge in [0.1, 0.15) is 0 Å². The van der Waals surface area contributed by atoms with Crippen LogP contribution >= 0.6 is 0 Å². The number of ether oxygens (including phenoxy) is 1. The molecule has 20 heavy (non-hydrogen) atoms. The van der Waals surface area contributed by atoms with Crippen LogP contribution in [-0.4, -0.2) is 31.3 Å². The molecule has 1 aromatic rings. The molecule has 2 unspecified atom stereocenters. The Bertz CT molecular complexity index is 437. The molecular weight excluding hydrogens is 254 g/mol. The lowest BCUT2D eigenvalue weighted by Crippen LogP contribution is -2.36. The summed E-state index contributed by atoms with van der Waals surface area (Å²) in [7, 11) is 1.60. The number of carbonyl (C=O) groups excluding carboxylic acids is 1. The number of amides is 2. The highest BCUT2D eigenvalue weighted by Crippen LogP contribution is 2.23. The van der Waals surface area contributed by atoms with Crippen LogP contribution in [0.25, 0.3) is 0 Å². The van der Waals surface area contributed by atoms with Gasteiger partial charge in [0.2, 0.25) is 0 Å². The van der Waals surface area contributed by atoms with Crippen molar-refractivity contribution >= 4 is 17.4 Å². The van der Waals surface area contributed by atoms with E-state index in [4.69, 9.17) is 4.74 Å². The number of hydrogen-bond acceptors (Lipinski definition) is 3. The van der Waals surface area contributed by atoms with Crippen LogP contribution in [0, 0.1) is 0 Å². The van der Waals surface area contributed by atoms with E-state index in [9.17, 15) is 4.79 Å². The van der Waals surface area contributed by atoms with Crippen LogP contribution in [0.15, 0.2) is 24.3 Å². The topological polar surface area (TPSA) is 62.4 Å². The van der Waals surface area contributed by atoms with E-state index in [0.717, 1.165) is 24.2 Å². The van der Waals surface area contributed by atoms with Crippen molar-refractivity contribution in [1.82, 2.24) is 5.32 Å². The zero-order valence-corrected chi connectivity index (χ0v) is 12.3. The molecule has 1 saturated heterocycles. The lowest BCUT2D eigenvalue weighted by atomic mass is 9.99. The summed E-state index contributed by atoms with van der Waals surface area (Å²) >= 11 is 0. The van der Waals surface area contributed by atoms with Crippen LogP contribution in [0.2, 0.25) is 0 Å². The van der Waals surface area contributed by atoms with Crippen molar-refractivity contribution in [3.63, 3.8) is 0 Å². The molecule has 2 amide bonds. The fourth-order valence-corrected chi connectivity index (χ4v) is 2.60. The fraction of sp³-hybridized carbons (Fsp3) is 0.533. The second-order valence-corrected chi connectivity index (χ2v) is 5.35. The summed E-state index contributed by atoms with van der Waals surface area (Å²) in [5, 5.41) is 8.79. The van der Waals surface area contributed by atoms with Crippen LogP contribution in [0.4, 0.5) is 16.2 Å². The Morgan fingerprint density at radius 3 is 2.20 bits per heavy atom. The number of urea groups is 1. The quantitative estimate of drug-likeness (QED) is 0.796. The van der Waals surface area contributed by atoms with Crippen LogP contribution in [0.3, 0.4) is 0 Å². The van der Waals surface area contributed by atoms with Crippen molar-refractivity contribution in [2.75, 3.05) is 17.7 Å². The first-order valence-corrected chi connectivity index (χ1v) is 7.07. The Labute approximate surface area is 120 Å². The molecule has 110 valence electrons. The summed E-state index contributed by atoms with van der Waals surface area (Å²) in [6.07, 6.45) is 2.63. The third-order valence-corrected chi connectivity index (χ3v) is 3.44. The molecule has 5 nitrogen and oxygen atoms in total. The van der Waals surface area contributed by atoms with Gasteiger partial charge >= 0.3 is 6.03 Å². The van der Waals surface area contributed by atoms with E-state index in [0.29, 0.717) is 18.2 Å². The zero-order chi connectivity index (χ0) is 14.5. The van der Waals surface area contributed by atoms with Crippen molar-refractivity contribution in [1.29, 1.82) is 0 Å². The number of rotatable bonds is 3. The molecule has 1 heterocycles. The Morgan fingerprint density at radius 1 is 1.10 bits per heavy atom. The molecule has 5 heteroatoms. The Kier molecular flexibility index (Phi) is 4.84. The monoisotopic (exact) mass is 277 g/mol. The first kappa shape index (κ1) is 14.7. The van der Waals surface area contributed by atoms with E-state index in [-0.39, 0.29) is 6.03 Å². The molecule has 0 aliphatic carbocycles. The second-order valence-electron chi connectivity index (χ2n) is 5.35. The van der Waals surface area contributed by atoms with Crippen molar-refractivity contribution in [3.8, 4) is 0 Å². The fourth-order valence-electron chi connectivity index (χ4n) is 2.60. The van der Waals surface area contributed by atoms with E-state index in [1.54, 1.807) is 7.05 Å². The molecule has 0 aromatic heterocycles. The molecule has 2 atom stereocenters. The van der Waals surface area contributed by atoms with Gasteiger partial charge in [-0.25, -0.2) is 4.79 Å².